The summed E-state index contributed by atoms with van der Waals surface area (Å²) in [7, 11) is 0. The molecular formula is C14H24N4. The topological polar surface area (TPSA) is 33.1 Å². The molecule has 0 radical (unpaired) electrons. The van der Waals surface area contributed by atoms with Gasteiger partial charge in [-0.1, -0.05) is 0 Å². The predicted molar refractivity (Wildman–Crippen MR) is 72.4 cm³/mol. The van der Waals surface area contributed by atoms with Gasteiger partial charge in [-0.15, -0.1) is 0 Å². The Kier molecular flexibility index (Phi) is 3.96. The lowest BCUT2D eigenvalue weighted by Gasteiger charge is -2.25. The molecule has 4 nitrogen and oxygen atoms in total. The highest BCUT2D eigenvalue weighted by molar-refractivity contribution is 4.83. The Balaban J connectivity index is 1.47. The molecule has 1 atom stereocenters. The van der Waals surface area contributed by atoms with Crippen LogP contribution in [0.3, 0.4) is 0 Å². The van der Waals surface area contributed by atoms with Crippen molar-refractivity contribution < 1.29 is 0 Å². The van der Waals surface area contributed by atoms with Gasteiger partial charge in [0.05, 0.1) is 6.33 Å². The molecule has 2 heterocycles. The van der Waals surface area contributed by atoms with Gasteiger partial charge in [0, 0.05) is 44.6 Å². The summed E-state index contributed by atoms with van der Waals surface area (Å²) in [6.45, 7) is 5.96. The zero-order chi connectivity index (χ0) is 12.2. The largest absolute Gasteiger partial charge is 0.336 e. The van der Waals surface area contributed by atoms with Crippen LogP contribution in [0.2, 0.25) is 0 Å². The third-order valence-corrected chi connectivity index (χ3v) is 4.09. The van der Waals surface area contributed by atoms with E-state index in [1.165, 1.54) is 45.3 Å². The summed E-state index contributed by atoms with van der Waals surface area (Å²) in [4.78, 5) is 6.76. The molecule has 1 aromatic heterocycles. The van der Waals surface area contributed by atoms with E-state index in [0.29, 0.717) is 0 Å². The van der Waals surface area contributed by atoms with Crippen LogP contribution in [-0.4, -0.2) is 46.7 Å². The Morgan fingerprint density at radius 3 is 2.89 bits per heavy atom. The third kappa shape index (κ3) is 3.56. The van der Waals surface area contributed by atoms with Gasteiger partial charge in [0.25, 0.3) is 0 Å². The van der Waals surface area contributed by atoms with Gasteiger partial charge in [0.1, 0.15) is 0 Å². The molecule has 0 bridgehead atoms. The molecule has 1 aliphatic carbocycles. The standard InChI is InChI=1S/C14H24N4/c1-2-14(16-5-1)11-18(10-13-3-4-13)9-8-17-7-6-15-12-17/h6-7,12-14,16H,1-5,8-11H2. The Labute approximate surface area is 109 Å². The average molecular weight is 248 g/mol. The summed E-state index contributed by atoms with van der Waals surface area (Å²) in [5.74, 6) is 0.981. The van der Waals surface area contributed by atoms with Gasteiger partial charge in [-0.3, -0.25) is 4.90 Å². The molecule has 3 rings (SSSR count). The van der Waals surface area contributed by atoms with E-state index in [0.717, 1.165) is 25.0 Å². The molecular weight excluding hydrogens is 224 g/mol. The van der Waals surface area contributed by atoms with Gasteiger partial charge >= 0.3 is 0 Å². The first-order valence-electron chi connectivity index (χ1n) is 7.31. The molecule has 1 N–H and O–H groups in total. The molecule has 18 heavy (non-hydrogen) atoms. The Morgan fingerprint density at radius 1 is 1.28 bits per heavy atom. The van der Waals surface area contributed by atoms with Crippen LogP contribution < -0.4 is 5.32 Å². The molecule has 1 unspecified atom stereocenters. The average Bonchev–Trinajstić information content (AvgIpc) is 2.85. The highest BCUT2D eigenvalue weighted by atomic mass is 15.2. The number of imidazole rings is 1. The molecule has 2 fully saturated rings. The zero-order valence-electron chi connectivity index (χ0n) is 11.1. The zero-order valence-corrected chi connectivity index (χ0v) is 11.1. The fourth-order valence-electron chi connectivity index (χ4n) is 2.82. The minimum absolute atomic E-state index is 0.728. The maximum Gasteiger partial charge on any atom is 0.0946 e. The van der Waals surface area contributed by atoms with E-state index >= 15 is 0 Å². The van der Waals surface area contributed by atoms with Crippen molar-refractivity contribution in [3.8, 4) is 0 Å². The van der Waals surface area contributed by atoms with Gasteiger partial charge in [0.15, 0.2) is 0 Å². The van der Waals surface area contributed by atoms with Crippen LogP contribution in [0, 0.1) is 5.92 Å². The SMILES string of the molecule is c1cn(CCN(CC2CC2)CC2CCCN2)cn1. The minimum atomic E-state index is 0.728. The van der Waals surface area contributed by atoms with E-state index in [9.17, 15) is 0 Å². The van der Waals surface area contributed by atoms with E-state index in [1.54, 1.807) is 0 Å². The Bertz CT molecular complexity index is 339. The number of aromatic nitrogens is 2. The highest BCUT2D eigenvalue weighted by Gasteiger charge is 2.26. The van der Waals surface area contributed by atoms with Gasteiger partial charge in [-0.05, 0) is 38.1 Å². The maximum atomic E-state index is 4.11. The number of nitrogens with zero attached hydrogens (tertiary/aromatic N) is 3. The molecule has 0 amide bonds. The van der Waals surface area contributed by atoms with Gasteiger partial charge in [-0.2, -0.15) is 0 Å². The van der Waals surface area contributed by atoms with Gasteiger partial charge in [0.2, 0.25) is 0 Å². The van der Waals surface area contributed by atoms with Crippen molar-refractivity contribution in [3.63, 3.8) is 0 Å². The molecule has 1 saturated heterocycles. The van der Waals surface area contributed by atoms with Crippen LogP contribution in [-0.2, 0) is 6.54 Å². The maximum absolute atomic E-state index is 4.11. The summed E-state index contributed by atoms with van der Waals surface area (Å²) in [6.07, 6.45) is 11.4. The third-order valence-electron chi connectivity index (χ3n) is 4.09. The first kappa shape index (κ1) is 12.2. The van der Waals surface area contributed by atoms with Crippen LogP contribution in [0.15, 0.2) is 18.7 Å². The first-order valence-corrected chi connectivity index (χ1v) is 7.31. The second-order valence-corrected chi connectivity index (χ2v) is 5.80. The monoisotopic (exact) mass is 248 g/mol. The van der Waals surface area contributed by atoms with E-state index in [1.807, 2.05) is 12.5 Å². The second-order valence-electron chi connectivity index (χ2n) is 5.80. The van der Waals surface area contributed by atoms with Crippen LogP contribution in [0.25, 0.3) is 0 Å². The lowest BCUT2D eigenvalue weighted by Crippen LogP contribution is -2.40. The first-order chi connectivity index (χ1) is 8.90. The van der Waals surface area contributed by atoms with E-state index in [-0.39, 0.29) is 0 Å². The van der Waals surface area contributed by atoms with Crippen molar-refractivity contribution in [3.05, 3.63) is 18.7 Å². The van der Waals surface area contributed by atoms with Gasteiger partial charge < -0.3 is 9.88 Å². The molecule has 0 spiro atoms. The summed E-state index contributed by atoms with van der Waals surface area (Å²) < 4.78 is 2.18. The molecule has 0 aromatic carbocycles. The Morgan fingerprint density at radius 2 is 2.22 bits per heavy atom. The summed E-state index contributed by atoms with van der Waals surface area (Å²) >= 11 is 0. The van der Waals surface area contributed by atoms with E-state index in [2.05, 4.69) is 26.0 Å². The van der Waals surface area contributed by atoms with Crippen molar-refractivity contribution in [2.24, 2.45) is 5.92 Å². The van der Waals surface area contributed by atoms with Crippen molar-refractivity contribution in [2.75, 3.05) is 26.2 Å². The molecule has 4 heteroatoms. The summed E-state index contributed by atoms with van der Waals surface area (Å²) in [5, 5.41) is 3.61. The molecule has 1 aliphatic heterocycles. The molecule has 2 aliphatic rings. The van der Waals surface area contributed by atoms with Crippen LogP contribution in [0.5, 0.6) is 0 Å². The molecule has 100 valence electrons. The van der Waals surface area contributed by atoms with E-state index < -0.39 is 0 Å². The number of rotatable bonds is 7. The van der Waals surface area contributed by atoms with E-state index in [4.69, 9.17) is 0 Å². The number of nitrogens with one attached hydrogen (secondary N) is 1. The molecule has 1 saturated carbocycles. The van der Waals surface area contributed by atoms with Crippen molar-refractivity contribution in [2.45, 2.75) is 38.3 Å². The Hall–Kier alpha value is -0.870. The quantitative estimate of drug-likeness (QED) is 0.790. The van der Waals surface area contributed by atoms with Crippen molar-refractivity contribution in [1.29, 1.82) is 0 Å². The normalized spacial score (nSPS) is 23.9. The van der Waals surface area contributed by atoms with Crippen LogP contribution in [0.1, 0.15) is 25.7 Å². The minimum Gasteiger partial charge on any atom is -0.336 e. The lowest BCUT2D eigenvalue weighted by atomic mass is 10.2. The fourth-order valence-corrected chi connectivity index (χ4v) is 2.82. The summed E-state index contributed by atoms with van der Waals surface area (Å²) in [6, 6.07) is 0.728. The smallest absolute Gasteiger partial charge is 0.0946 e. The summed E-state index contributed by atoms with van der Waals surface area (Å²) in [5.41, 5.74) is 0. The number of hydrogen-bond donors (Lipinski definition) is 1. The highest BCUT2D eigenvalue weighted by Crippen LogP contribution is 2.29. The fraction of sp³-hybridized carbons (Fsp3) is 0.786. The lowest BCUT2D eigenvalue weighted by molar-refractivity contribution is 0.231. The number of hydrogen-bond acceptors (Lipinski definition) is 3. The van der Waals surface area contributed by atoms with Crippen molar-refractivity contribution >= 4 is 0 Å². The predicted octanol–water partition coefficient (Wildman–Crippen LogP) is 1.35. The van der Waals surface area contributed by atoms with Crippen LogP contribution in [0.4, 0.5) is 0 Å². The van der Waals surface area contributed by atoms with Crippen molar-refractivity contribution in [1.82, 2.24) is 19.8 Å². The second kappa shape index (κ2) is 5.85. The van der Waals surface area contributed by atoms with Crippen LogP contribution >= 0.6 is 0 Å². The van der Waals surface area contributed by atoms with Gasteiger partial charge in [-0.25, -0.2) is 4.98 Å². The molecule has 1 aromatic rings.